The fourth-order valence-electron chi connectivity index (χ4n) is 2.23. The third kappa shape index (κ3) is 4.48. The number of nitrogens with one attached hydrogen (secondary N) is 1. The van der Waals surface area contributed by atoms with E-state index in [1.54, 1.807) is 11.6 Å². The van der Waals surface area contributed by atoms with Crippen LogP contribution in [0.4, 0.5) is 5.69 Å². The number of carbonyl (C=O) groups excluding carboxylic acids is 1. The number of ether oxygens (including phenoxy) is 1. The van der Waals surface area contributed by atoms with Gasteiger partial charge in [0.2, 0.25) is 0 Å². The number of carbonyl (C=O) groups is 1. The van der Waals surface area contributed by atoms with E-state index >= 15 is 0 Å². The lowest BCUT2D eigenvalue weighted by atomic mass is 10.0. The zero-order valence-corrected chi connectivity index (χ0v) is 13.4. The van der Waals surface area contributed by atoms with Gasteiger partial charge in [-0.3, -0.25) is 4.68 Å². The normalized spacial score (nSPS) is 12.0. The van der Waals surface area contributed by atoms with Crippen LogP contribution in [0.25, 0.3) is 0 Å². The van der Waals surface area contributed by atoms with E-state index < -0.39 is 6.04 Å². The molecular weight excluding hydrogens is 268 g/mol. The molecule has 1 N–H and O–H groups in total. The molecule has 0 radical (unpaired) electrons. The minimum atomic E-state index is -0.401. The van der Waals surface area contributed by atoms with Crippen molar-refractivity contribution in [1.82, 2.24) is 9.78 Å². The second-order valence-electron chi connectivity index (χ2n) is 5.44. The van der Waals surface area contributed by atoms with Crippen LogP contribution < -0.4 is 5.32 Å². The molecule has 1 heterocycles. The summed E-state index contributed by atoms with van der Waals surface area (Å²) in [6.07, 6.45) is 0.682. The van der Waals surface area contributed by atoms with E-state index in [-0.39, 0.29) is 12.5 Å². The molecule has 6 heteroatoms. The van der Waals surface area contributed by atoms with Crippen molar-refractivity contribution in [3.05, 3.63) is 11.4 Å². The molecule has 1 atom stereocenters. The number of rotatable bonds is 7. The molecule has 1 unspecified atom stereocenters. The summed E-state index contributed by atoms with van der Waals surface area (Å²) in [6.45, 7) is 10.2. The largest absolute Gasteiger partial charge is 0.464 e. The molecule has 0 bridgehead atoms. The topological polar surface area (TPSA) is 79.9 Å². The summed E-state index contributed by atoms with van der Waals surface area (Å²) in [5.74, 6) is 0.111. The first kappa shape index (κ1) is 17.0. The fourth-order valence-corrected chi connectivity index (χ4v) is 2.23. The molecule has 0 aliphatic rings. The molecule has 1 rings (SSSR count). The number of aryl methyl sites for hydroxylation is 1. The van der Waals surface area contributed by atoms with Crippen LogP contribution >= 0.6 is 0 Å². The van der Waals surface area contributed by atoms with Gasteiger partial charge in [0.25, 0.3) is 0 Å². The molecular formula is C15H24N4O2. The lowest BCUT2D eigenvalue weighted by Gasteiger charge is -2.20. The monoisotopic (exact) mass is 292 g/mol. The van der Waals surface area contributed by atoms with Gasteiger partial charge in [0.05, 0.1) is 29.8 Å². The summed E-state index contributed by atoms with van der Waals surface area (Å²) in [7, 11) is 0. The third-order valence-electron chi connectivity index (χ3n) is 3.20. The summed E-state index contributed by atoms with van der Waals surface area (Å²) >= 11 is 0. The predicted molar refractivity (Wildman–Crippen MR) is 80.8 cm³/mol. The average Bonchev–Trinajstić information content (AvgIpc) is 2.66. The highest BCUT2D eigenvalue weighted by Gasteiger charge is 2.23. The Morgan fingerprint density at radius 3 is 2.67 bits per heavy atom. The molecule has 0 spiro atoms. The van der Waals surface area contributed by atoms with E-state index in [9.17, 15) is 4.79 Å². The van der Waals surface area contributed by atoms with E-state index in [2.05, 4.69) is 30.3 Å². The summed E-state index contributed by atoms with van der Waals surface area (Å²) in [4.78, 5) is 12.1. The summed E-state index contributed by atoms with van der Waals surface area (Å²) in [6, 6.07) is 1.67. The first-order chi connectivity index (χ1) is 9.90. The molecule has 0 fully saturated rings. The molecule has 0 aliphatic carbocycles. The number of esters is 1. The number of nitriles is 1. The Morgan fingerprint density at radius 2 is 2.14 bits per heavy atom. The Bertz CT molecular complexity index is 529. The highest BCUT2D eigenvalue weighted by molar-refractivity contribution is 5.79. The Morgan fingerprint density at radius 1 is 1.48 bits per heavy atom. The number of anilines is 1. The van der Waals surface area contributed by atoms with E-state index in [4.69, 9.17) is 10.00 Å². The van der Waals surface area contributed by atoms with Gasteiger partial charge in [-0.15, -0.1) is 0 Å². The lowest BCUT2D eigenvalue weighted by molar-refractivity contribution is -0.144. The Hall–Kier alpha value is -2.03. The van der Waals surface area contributed by atoms with Crippen LogP contribution in [0.1, 0.15) is 38.6 Å². The zero-order valence-electron chi connectivity index (χ0n) is 13.4. The molecule has 21 heavy (non-hydrogen) atoms. The van der Waals surface area contributed by atoms with Crippen molar-refractivity contribution in [3.63, 3.8) is 0 Å². The Balaban J connectivity index is 2.98. The highest BCUT2D eigenvalue weighted by Crippen LogP contribution is 2.22. The fraction of sp³-hybridized carbons (Fsp3) is 0.667. The molecule has 0 amide bonds. The number of aromatic nitrogens is 2. The molecule has 116 valence electrons. The van der Waals surface area contributed by atoms with Crippen LogP contribution in [0.3, 0.4) is 0 Å². The van der Waals surface area contributed by atoms with Crippen molar-refractivity contribution >= 4 is 11.7 Å². The van der Waals surface area contributed by atoms with Crippen LogP contribution in [-0.4, -0.2) is 28.4 Å². The maximum Gasteiger partial charge on any atom is 0.328 e. The SMILES string of the molecule is CCOC(=O)C(CC(C)C)Nc1c(C)nn(CC#N)c1C. The van der Waals surface area contributed by atoms with Crippen molar-refractivity contribution in [2.75, 3.05) is 11.9 Å². The van der Waals surface area contributed by atoms with Crippen molar-refractivity contribution in [3.8, 4) is 6.07 Å². The van der Waals surface area contributed by atoms with Gasteiger partial charge in [0.15, 0.2) is 0 Å². The predicted octanol–water partition coefficient (Wildman–Crippen LogP) is 2.41. The Kier molecular flexibility index (Phi) is 6.22. The lowest BCUT2D eigenvalue weighted by Crippen LogP contribution is -2.33. The van der Waals surface area contributed by atoms with Gasteiger partial charge in [-0.2, -0.15) is 10.4 Å². The van der Waals surface area contributed by atoms with Gasteiger partial charge in [-0.1, -0.05) is 13.8 Å². The minimum absolute atomic E-state index is 0.197. The molecule has 0 aliphatic heterocycles. The standard InChI is InChI=1S/C15H24N4O2/c1-6-21-15(20)13(9-10(2)3)17-14-11(4)18-19(8-7-16)12(14)5/h10,13,17H,6,8-9H2,1-5H3. The summed E-state index contributed by atoms with van der Waals surface area (Å²) in [5.41, 5.74) is 2.44. The summed E-state index contributed by atoms with van der Waals surface area (Å²) < 4.78 is 6.76. The van der Waals surface area contributed by atoms with Gasteiger partial charge < -0.3 is 10.1 Å². The smallest absolute Gasteiger partial charge is 0.328 e. The van der Waals surface area contributed by atoms with Gasteiger partial charge in [-0.05, 0) is 33.1 Å². The van der Waals surface area contributed by atoms with Crippen LogP contribution in [0.15, 0.2) is 0 Å². The minimum Gasteiger partial charge on any atom is -0.464 e. The first-order valence-corrected chi connectivity index (χ1v) is 7.24. The van der Waals surface area contributed by atoms with Crippen molar-refractivity contribution in [1.29, 1.82) is 5.26 Å². The zero-order chi connectivity index (χ0) is 16.0. The van der Waals surface area contributed by atoms with Gasteiger partial charge in [0.1, 0.15) is 12.6 Å². The molecule has 1 aromatic rings. The number of hydrogen-bond donors (Lipinski definition) is 1. The summed E-state index contributed by atoms with van der Waals surface area (Å²) in [5, 5.41) is 16.4. The van der Waals surface area contributed by atoms with Gasteiger partial charge in [-0.25, -0.2) is 4.79 Å². The second-order valence-corrected chi connectivity index (χ2v) is 5.44. The van der Waals surface area contributed by atoms with Crippen LogP contribution in [-0.2, 0) is 16.1 Å². The van der Waals surface area contributed by atoms with E-state index in [1.165, 1.54) is 0 Å². The van der Waals surface area contributed by atoms with Crippen molar-refractivity contribution < 1.29 is 9.53 Å². The van der Waals surface area contributed by atoms with E-state index in [0.29, 0.717) is 18.9 Å². The maximum absolute atomic E-state index is 12.1. The maximum atomic E-state index is 12.1. The average molecular weight is 292 g/mol. The van der Waals surface area contributed by atoms with E-state index in [0.717, 1.165) is 17.1 Å². The van der Waals surface area contributed by atoms with E-state index in [1.807, 2.05) is 13.8 Å². The van der Waals surface area contributed by atoms with Crippen LogP contribution in [0, 0.1) is 31.1 Å². The van der Waals surface area contributed by atoms with Crippen molar-refractivity contribution in [2.24, 2.45) is 5.92 Å². The molecule has 0 saturated heterocycles. The molecule has 0 saturated carbocycles. The molecule has 6 nitrogen and oxygen atoms in total. The molecule has 0 aromatic carbocycles. The highest BCUT2D eigenvalue weighted by atomic mass is 16.5. The van der Waals surface area contributed by atoms with Gasteiger partial charge in [0, 0.05) is 0 Å². The Labute approximate surface area is 126 Å². The van der Waals surface area contributed by atoms with Crippen LogP contribution in [0.2, 0.25) is 0 Å². The molecule has 1 aromatic heterocycles. The quantitative estimate of drug-likeness (QED) is 0.781. The second kappa shape index (κ2) is 7.67. The van der Waals surface area contributed by atoms with Crippen LogP contribution in [0.5, 0.6) is 0 Å². The van der Waals surface area contributed by atoms with Gasteiger partial charge >= 0.3 is 5.97 Å². The third-order valence-corrected chi connectivity index (χ3v) is 3.20. The number of hydrogen-bond acceptors (Lipinski definition) is 5. The number of nitrogens with zero attached hydrogens (tertiary/aromatic N) is 3. The van der Waals surface area contributed by atoms with Crippen molar-refractivity contribution in [2.45, 2.75) is 53.6 Å². The first-order valence-electron chi connectivity index (χ1n) is 7.24.